The number of hydrogen-bond acceptors (Lipinski definition) is 3. The standard InChI is InChI=1S/C14H15BO3.C2H6/c1-3-4-5-6-11(2)18-13-8-7-12-10-17-15(16)14(12)9-13;1-2/h3-9,16H,1,10H2,2H3;1-2H3/b5-4-,11-6+;. The van der Waals surface area contributed by atoms with Gasteiger partial charge in [-0.2, -0.15) is 0 Å². The van der Waals surface area contributed by atoms with Crippen molar-refractivity contribution >= 4 is 12.6 Å². The molecule has 0 saturated heterocycles. The van der Waals surface area contributed by atoms with Crippen LogP contribution in [-0.2, 0) is 11.3 Å². The fourth-order valence-corrected chi connectivity index (χ4v) is 1.75. The van der Waals surface area contributed by atoms with Gasteiger partial charge in [0, 0.05) is 0 Å². The molecule has 1 heterocycles. The fraction of sp³-hybridized carbons (Fsp3) is 0.250. The van der Waals surface area contributed by atoms with Crippen LogP contribution in [0.3, 0.4) is 0 Å². The Morgan fingerprint density at radius 2 is 2.15 bits per heavy atom. The van der Waals surface area contributed by atoms with Gasteiger partial charge in [-0.1, -0.05) is 44.7 Å². The normalized spacial score (nSPS) is 13.8. The summed E-state index contributed by atoms with van der Waals surface area (Å²) in [5.74, 6) is 1.46. The van der Waals surface area contributed by atoms with Gasteiger partial charge in [-0.25, -0.2) is 0 Å². The molecular formula is C16H21BO3. The Labute approximate surface area is 121 Å². The van der Waals surface area contributed by atoms with Crippen LogP contribution in [0.5, 0.6) is 5.75 Å². The van der Waals surface area contributed by atoms with Crippen molar-refractivity contribution in [3.05, 3.63) is 60.4 Å². The molecule has 1 aliphatic rings. The third-order valence-corrected chi connectivity index (χ3v) is 2.64. The minimum absolute atomic E-state index is 0.452. The molecule has 0 aromatic heterocycles. The van der Waals surface area contributed by atoms with Gasteiger partial charge in [0.15, 0.2) is 0 Å². The van der Waals surface area contributed by atoms with Crippen LogP contribution in [0, 0.1) is 0 Å². The summed E-state index contributed by atoms with van der Waals surface area (Å²) in [6.07, 6.45) is 7.23. The van der Waals surface area contributed by atoms with Crippen LogP contribution < -0.4 is 10.2 Å². The maximum absolute atomic E-state index is 9.60. The van der Waals surface area contributed by atoms with Gasteiger partial charge in [0.2, 0.25) is 0 Å². The number of allylic oxidation sites excluding steroid dienone is 5. The zero-order chi connectivity index (χ0) is 15.0. The molecule has 20 heavy (non-hydrogen) atoms. The summed E-state index contributed by atoms with van der Waals surface area (Å²) in [6.45, 7) is 9.91. The quantitative estimate of drug-likeness (QED) is 0.520. The van der Waals surface area contributed by atoms with Crippen molar-refractivity contribution in [3.8, 4) is 5.75 Å². The van der Waals surface area contributed by atoms with Crippen LogP contribution in [0.25, 0.3) is 0 Å². The third-order valence-electron chi connectivity index (χ3n) is 2.64. The van der Waals surface area contributed by atoms with Gasteiger partial charge in [-0.05, 0) is 36.2 Å². The van der Waals surface area contributed by atoms with E-state index in [0.29, 0.717) is 12.4 Å². The highest BCUT2D eigenvalue weighted by Crippen LogP contribution is 2.18. The van der Waals surface area contributed by atoms with E-state index >= 15 is 0 Å². The lowest BCUT2D eigenvalue weighted by molar-refractivity contribution is 0.275. The molecule has 0 atom stereocenters. The number of rotatable bonds is 4. The van der Waals surface area contributed by atoms with Gasteiger partial charge in [0.05, 0.1) is 6.61 Å². The number of fused-ring (bicyclic) bond motifs is 1. The SMILES string of the molecule is C=C/C=C\C=C(/C)Oc1ccc2c(c1)B(O)OC2.CC. The Morgan fingerprint density at radius 1 is 1.40 bits per heavy atom. The minimum atomic E-state index is -0.839. The lowest BCUT2D eigenvalue weighted by Crippen LogP contribution is -2.27. The van der Waals surface area contributed by atoms with Crippen molar-refractivity contribution in [1.82, 2.24) is 0 Å². The molecule has 0 fully saturated rings. The third kappa shape index (κ3) is 4.40. The molecule has 106 valence electrons. The average Bonchev–Trinajstić information content (AvgIpc) is 2.83. The van der Waals surface area contributed by atoms with E-state index in [-0.39, 0.29) is 0 Å². The average molecular weight is 272 g/mol. The highest BCUT2D eigenvalue weighted by molar-refractivity contribution is 6.61. The first-order valence-electron chi connectivity index (χ1n) is 6.77. The molecule has 0 unspecified atom stereocenters. The summed E-state index contributed by atoms with van der Waals surface area (Å²) in [7, 11) is -0.839. The van der Waals surface area contributed by atoms with E-state index in [1.165, 1.54) is 0 Å². The second kappa shape index (κ2) is 8.41. The summed E-state index contributed by atoms with van der Waals surface area (Å²) in [4.78, 5) is 0. The van der Waals surface area contributed by atoms with Crippen LogP contribution in [0.4, 0.5) is 0 Å². The van der Waals surface area contributed by atoms with Gasteiger partial charge < -0.3 is 14.4 Å². The van der Waals surface area contributed by atoms with Gasteiger partial charge in [-0.3, -0.25) is 0 Å². The first-order valence-corrected chi connectivity index (χ1v) is 6.77. The van der Waals surface area contributed by atoms with Crippen molar-refractivity contribution in [2.24, 2.45) is 0 Å². The topological polar surface area (TPSA) is 38.7 Å². The summed E-state index contributed by atoms with van der Waals surface area (Å²) in [5, 5.41) is 9.60. The Bertz CT molecular complexity index is 506. The predicted molar refractivity (Wildman–Crippen MR) is 83.9 cm³/mol. The summed E-state index contributed by atoms with van der Waals surface area (Å²) in [5.41, 5.74) is 1.78. The molecule has 0 amide bonds. The largest absolute Gasteiger partial charge is 0.491 e. The lowest BCUT2D eigenvalue weighted by atomic mass is 9.79. The number of hydrogen-bond donors (Lipinski definition) is 1. The molecule has 1 N–H and O–H groups in total. The van der Waals surface area contributed by atoms with Crippen LogP contribution in [-0.4, -0.2) is 12.1 Å². The molecule has 1 aromatic rings. The Kier molecular flexibility index (Phi) is 6.84. The van der Waals surface area contributed by atoms with E-state index in [1.807, 2.05) is 57.2 Å². The minimum Gasteiger partial charge on any atom is -0.462 e. The molecule has 0 aliphatic carbocycles. The second-order valence-electron chi connectivity index (χ2n) is 4.02. The zero-order valence-electron chi connectivity index (χ0n) is 12.3. The molecule has 0 bridgehead atoms. The van der Waals surface area contributed by atoms with Gasteiger partial charge in [0.25, 0.3) is 0 Å². The Hall–Kier alpha value is -1.78. The van der Waals surface area contributed by atoms with E-state index in [4.69, 9.17) is 9.39 Å². The van der Waals surface area contributed by atoms with Crippen molar-refractivity contribution < 1.29 is 14.4 Å². The number of ether oxygens (including phenoxy) is 1. The summed E-state index contributed by atoms with van der Waals surface area (Å²) in [6, 6.07) is 5.59. The van der Waals surface area contributed by atoms with Crippen LogP contribution in [0.1, 0.15) is 26.3 Å². The molecule has 3 nitrogen and oxygen atoms in total. The monoisotopic (exact) mass is 272 g/mol. The fourth-order valence-electron chi connectivity index (χ4n) is 1.75. The maximum Gasteiger partial charge on any atom is 0.491 e. The molecule has 2 rings (SSSR count). The first-order chi connectivity index (χ1) is 9.70. The van der Waals surface area contributed by atoms with Crippen molar-refractivity contribution in [2.45, 2.75) is 27.4 Å². The molecule has 0 radical (unpaired) electrons. The second-order valence-corrected chi connectivity index (χ2v) is 4.02. The lowest BCUT2D eigenvalue weighted by Gasteiger charge is -2.07. The highest BCUT2D eigenvalue weighted by Gasteiger charge is 2.27. The van der Waals surface area contributed by atoms with E-state index < -0.39 is 7.12 Å². The predicted octanol–water partition coefficient (Wildman–Crippen LogP) is 2.96. The van der Waals surface area contributed by atoms with E-state index in [0.717, 1.165) is 16.8 Å². The molecule has 0 saturated carbocycles. The summed E-state index contributed by atoms with van der Waals surface area (Å²) >= 11 is 0. The maximum atomic E-state index is 9.60. The van der Waals surface area contributed by atoms with Gasteiger partial charge >= 0.3 is 7.12 Å². The van der Waals surface area contributed by atoms with Crippen molar-refractivity contribution in [2.75, 3.05) is 0 Å². The Morgan fingerprint density at radius 3 is 2.85 bits per heavy atom. The van der Waals surface area contributed by atoms with Crippen LogP contribution in [0.15, 0.2) is 54.8 Å². The molecule has 4 heteroatoms. The van der Waals surface area contributed by atoms with Crippen molar-refractivity contribution in [3.63, 3.8) is 0 Å². The molecule has 0 spiro atoms. The first kappa shape index (κ1) is 16.3. The van der Waals surface area contributed by atoms with E-state index in [1.54, 1.807) is 6.08 Å². The Balaban J connectivity index is 0.000000956. The zero-order valence-corrected chi connectivity index (χ0v) is 12.3. The van der Waals surface area contributed by atoms with E-state index in [9.17, 15) is 5.02 Å². The van der Waals surface area contributed by atoms with E-state index in [2.05, 4.69) is 6.58 Å². The molecule has 1 aromatic carbocycles. The molecular weight excluding hydrogens is 251 g/mol. The summed E-state index contributed by atoms with van der Waals surface area (Å²) < 4.78 is 10.8. The smallest absolute Gasteiger partial charge is 0.462 e. The van der Waals surface area contributed by atoms with Crippen molar-refractivity contribution in [1.29, 1.82) is 0 Å². The molecule has 1 aliphatic heterocycles. The van der Waals surface area contributed by atoms with Gasteiger partial charge in [-0.15, -0.1) is 0 Å². The van der Waals surface area contributed by atoms with Gasteiger partial charge in [0.1, 0.15) is 11.5 Å². The highest BCUT2D eigenvalue weighted by atomic mass is 16.5. The van der Waals surface area contributed by atoms with Crippen LogP contribution >= 0.6 is 0 Å². The van der Waals surface area contributed by atoms with Crippen LogP contribution in [0.2, 0.25) is 0 Å². The number of benzene rings is 1.